The van der Waals surface area contributed by atoms with Gasteiger partial charge < -0.3 is 10.5 Å². The van der Waals surface area contributed by atoms with Crippen LogP contribution in [-0.4, -0.2) is 31.6 Å². The zero-order valence-corrected chi connectivity index (χ0v) is 6.24. The minimum Gasteiger partial charge on any atom is -0.358 e. The highest BCUT2D eigenvalue weighted by Gasteiger charge is 2.42. The molecule has 0 saturated heterocycles. The van der Waals surface area contributed by atoms with E-state index in [-0.39, 0.29) is 0 Å². The quantitative estimate of drug-likeness (QED) is 0.717. The van der Waals surface area contributed by atoms with Gasteiger partial charge in [0.2, 0.25) is 0 Å². The van der Waals surface area contributed by atoms with Gasteiger partial charge >= 0.3 is 12.4 Å². The molecule has 2 N–H and O–H groups in total. The molecular weight excluding hydrogens is 204 g/mol. The molecule has 0 saturated carbocycles. The van der Waals surface area contributed by atoms with Crippen molar-refractivity contribution < 1.29 is 31.1 Å². The molecule has 0 aliphatic carbocycles. The molecule has 0 fully saturated rings. The summed E-state index contributed by atoms with van der Waals surface area (Å²) in [4.78, 5) is 0. The Bertz CT molecular complexity index is 152. The van der Waals surface area contributed by atoms with Gasteiger partial charge in [-0.25, -0.2) is 0 Å². The molecule has 80 valence electrons. The molecule has 8 heteroatoms. The summed E-state index contributed by atoms with van der Waals surface area (Å²) in [6, 6.07) is 0. The Balaban J connectivity index is 4.02. The molecule has 0 radical (unpaired) electrons. The van der Waals surface area contributed by atoms with Crippen LogP contribution in [0, 0.1) is 0 Å². The van der Waals surface area contributed by atoms with Crippen LogP contribution in [0.15, 0.2) is 0 Å². The fourth-order valence-corrected chi connectivity index (χ4v) is 0.491. The van der Waals surface area contributed by atoms with E-state index in [2.05, 4.69) is 10.5 Å². The first-order valence-corrected chi connectivity index (χ1v) is 3.12. The first kappa shape index (κ1) is 12.5. The molecular formula is C5H7F6NO. The maximum absolute atomic E-state index is 11.7. The van der Waals surface area contributed by atoms with E-state index in [1.54, 1.807) is 0 Å². The molecule has 0 amide bonds. The molecule has 0 aliphatic heterocycles. The van der Waals surface area contributed by atoms with Crippen LogP contribution in [0.5, 0.6) is 0 Å². The Kier molecular flexibility index (Phi) is 3.98. The fraction of sp³-hybridized carbons (Fsp3) is 1.00. The van der Waals surface area contributed by atoms with Gasteiger partial charge in [0.05, 0.1) is 0 Å². The topological polar surface area (TPSA) is 35.2 Å². The van der Waals surface area contributed by atoms with Gasteiger partial charge in [0, 0.05) is 6.54 Å². The van der Waals surface area contributed by atoms with E-state index in [0.717, 1.165) is 0 Å². The van der Waals surface area contributed by atoms with Crippen molar-refractivity contribution in [2.45, 2.75) is 18.5 Å². The summed E-state index contributed by atoms with van der Waals surface area (Å²) >= 11 is 0. The molecule has 13 heavy (non-hydrogen) atoms. The molecule has 0 spiro atoms. The van der Waals surface area contributed by atoms with Crippen LogP contribution in [0.2, 0.25) is 0 Å². The second-order valence-electron chi connectivity index (χ2n) is 2.19. The van der Waals surface area contributed by atoms with Gasteiger partial charge in [0.15, 0.2) is 6.10 Å². The zero-order chi connectivity index (χ0) is 10.7. The van der Waals surface area contributed by atoms with Crippen LogP contribution in [0.1, 0.15) is 0 Å². The lowest BCUT2D eigenvalue weighted by Crippen LogP contribution is -2.40. The Morgan fingerprint density at radius 2 is 1.54 bits per heavy atom. The smallest absolute Gasteiger partial charge is 0.358 e. The molecule has 0 aromatic carbocycles. The van der Waals surface area contributed by atoms with Crippen molar-refractivity contribution in [1.82, 2.24) is 0 Å². The molecule has 2 nitrogen and oxygen atoms in total. The van der Waals surface area contributed by atoms with Gasteiger partial charge in [0.1, 0.15) is 6.61 Å². The largest absolute Gasteiger partial charge is 0.415 e. The average molecular weight is 211 g/mol. The van der Waals surface area contributed by atoms with E-state index in [1.807, 2.05) is 0 Å². The number of hydrogen-bond acceptors (Lipinski definition) is 2. The van der Waals surface area contributed by atoms with Crippen molar-refractivity contribution in [3.05, 3.63) is 0 Å². The van der Waals surface area contributed by atoms with Gasteiger partial charge in [-0.3, -0.25) is 0 Å². The van der Waals surface area contributed by atoms with Crippen LogP contribution in [-0.2, 0) is 4.74 Å². The number of nitrogens with two attached hydrogens (primary N) is 1. The van der Waals surface area contributed by atoms with Gasteiger partial charge in [-0.1, -0.05) is 0 Å². The monoisotopic (exact) mass is 211 g/mol. The summed E-state index contributed by atoms with van der Waals surface area (Å²) in [5.74, 6) is 0. The van der Waals surface area contributed by atoms with Crippen LogP contribution >= 0.6 is 0 Å². The highest BCUT2D eigenvalue weighted by atomic mass is 19.4. The van der Waals surface area contributed by atoms with Gasteiger partial charge in [-0.2, -0.15) is 26.3 Å². The second-order valence-corrected chi connectivity index (χ2v) is 2.19. The minimum atomic E-state index is -4.86. The molecule has 0 aromatic rings. The molecule has 1 unspecified atom stereocenters. The molecule has 0 bridgehead atoms. The standard InChI is InChI=1S/C5H7F6NO/c6-4(7,8)2-13-3(1-12)5(9,10)11/h3H,1-2,12H2. The van der Waals surface area contributed by atoms with E-state index in [1.165, 1.54) is 0 Å². The van der Waals surface area contributed by atoms with Gasteiger partial charge in [-0.15, -0.1) is 0 Å². The van der Waals surface area contributed by atoms with Crippen molar-refractivity contribution in [2.75, 3.05) is 13.2 Å². The Morgan fingerprint density at radius 1 is 1.08 bits per heavy atom. The Hall–Kier alpha value is -0.500. The van der Waals surface area contributed by atoms with E-state index in [0.29, 0.717) is 0 Å². The van der Waals surface area contributed by atoms with Crippen LogP contribution in [0.25, 0.3) is 0 Å². The summed E-state index contributed by atoms with van der Waals surface area (Å²) in [5, 5.41) is 0. The summed E-state index contributed by atoms with van der Waals surface area (Å²) in [7, 11) is 0. The predicted molar refractivity (Wildman–Crippen MR) is 30.9 cm³/mol. The van der Waals surface area contributed by atoms with Crippen molar-refractivity contribution in [2.24, 2.45) is 5.73 Å². The van der Waals surface area contributed by atoms with E-state index in [4.69, 9.17) is 0 Å². The number of ether oxygens (including phenoxy) is 1. The zero-order valence-electron chi connectivity index (χ0n) is 6.24. The minimum absolute atomic E-state index is 1.03. The van der Waals surface area contributed by atoms with Crippen LogP contribution < -0.4 is 5.73 Å². The van der Waals surface area contributed by atoms with E-state index in [9.17, 15) is 26.3 Å². The molecule has 0 heterocycles. The van der Waals surface area contributed by atoms with Gasteiger partial charge in [-0.05, 0) is 0 Å². The maximum atomic E-state index is 11.7. The van der Waals surface area contributed by atoms with E-state index >= 15 is 0 Å². The molecule has 0 aliphatic rings. The first-order valence-electron chi connectivity index (χ1n) is 3.12. The Morgan fingerprint density at radius 3 is 1.77 bits per heavy atom. The molecule has 0 aromatic heterocycles. The fourth-order valence-electron chi connectivity index (χ4n) is 0.491. The molecule has 1 atom stereocenters. The van der Waals surface area contributed by atoms with Crippen molar-refractivity contribution >= 4 is 0 Å². The lowest BCUT2D eigenvalue weighted by atomic mass is 10.3. The van der Waals surface area contributed by atoms with Crippen molar-refractivity contribution in [3.63, 3.8) is 0 Å². The third-order valence-electron chi connectivity index (χ3n) is 1.03. The number of alkyl halides is 6. The van der Waals surface area contributed by atoms with Crippen molar-refractivity contribution in [3.8, 4) is 0 Å². The summed E-state index contributed by atoms with van der Waals surface area (Å²) in [5.41, 5.74) is 4.58. The lowest BCUT2D eigenvalue weighted by molar-refractivity contribution is -0.251. The average Bonchev–Trinajstić information content (AvgIpc) is 1.82. The highest BCUT2D eigenvalue weighted by molar-refractivity contribution is 4.68. The van der Waals surface area contributed by atoms with Crippen molar-refractivity contribution in [1.29, 1.82) is 0 Å². The second kappa shape index (κ2) is 4.14. The summed E-state index contributed by atoms with van der Waals surface area (Å²) in [6.45, 7) is -2.98. The highest BCUT2D eigenvalue weighted by Crippen LogP contribution is 2.24. The third kappa shape index (κ3) is 5.69. The SMILES string of the molecule is NCC(OCC(F)(F)F)C(F)(F)F. The lowest BCUT2D eigenvalue weighted by Gasteiger charge is -2.19. The summed E-state index contributed by atoms with van der Waals surface area (Å²) < 4.78 is 72.9. The third-order valence-corrected chi connectivity index (χ3v) is 1.03. The summed E-state index contributed by atoms with van der Waals surface area (Å²) in [6.07, 6.45) is -12.2. The van der Waals surface area contributed by atoms with Crippen LogP contribution in [0.3, 0.4) is 0 Å². The van der Waals surface area contributed by atoms with E-state index < -0.39 is 31.6 Å². The normalized spacial score (nSPS) is 15.9. The maximum Gasteiger partial charge on any atom is 0.415 e. The van der Waals surface area contributed by atoms with Crippen LogP contribution in [0.4, 0.5) is 26.3 Å². The number of hydrogen-bond donors (Lipinski definition) is 1. The Labute approximate surface area is 69.6 Å². The molecule has 0 rings (SSSR count). The number of halogens is 6. The van der Waals surface area contributed by atoms with Gasteiger partial charge in [0.25, 0.3) is 0 Å². The first-order chi connectivity index (χ1) is 5.67. The number of rotatable bonds is 3. The predicted octanol–water partition coefficient (Wildman–Crippen LogP) is 1.45.